The van der Waals surface area contributed by atoms with Crippen molar-refractivity contribution in [2.45, 2.75) is 26.3 Å². The van der Waals surface area contributed by atoms with Crippen LogP contribution in [0.5, 0.6) is 11.5 Å². The lowest BCUT2D eigenvalue weighted by molar-refractivity contribution is 0.294. The van der Waals surface area contributed by atoms with Gasteiger partial charge in [-0.3, -0.25) is 5.10 Å². The average molecular weight is 287 g/mol. The summed E-state index contributed by atoms with van der Waals surface area (Å²) in [5.74, 6) is 1.53. The number of rotatable bonds is 5. The zero-order valence-corrected chi connectivity index (χ0v) is 12.5. The molecule has 0 saturated carbocycles. The SMILES string of the molecule is CCCOc1ccc(-c2n[nH]c3c2CNCC3)cc1OC. The molecule has 0 aliphatic carbocycles. The molecule has 21 heavy (non-hydrogen) atoms. The van der Waals surface area contributed by atoms with Gasteiger partial charge >= 0.3 is 0 Å². The molecule has 3 rings (SSSR count). The number of ether oxygens (including phenoxy) is 2. The second-order valence-electron chi connectivity index (χ2n) is 5.17. The molecule has 0 radical (unpaired) electrons. The number of benzene rings is 1. The van der Waals surface area contributed by atoms with Gasteiger partial charge in [0.05, 0.1) is 19.4 Å². The summed E-state index contributed by atoms with van der Waals surface area (Å²) in [5, 5.41) is 11.0. The first-order chi connectivity index (χ1) is 10.3. The van der Waals surface area contributed by atoms with Crippen molar-refractivity contribution in [2.24, 2.45) is 0 Å². The van der Waals surface area contributed by atoms with E-state index in [0.29, 0.717) is 6.61 Å². The lowest BCUT2D eigenvalue weighted by Crippen LogP contribution is -2.23. The van der Waals surface area contributed by atoms with Crippen molar-refractivity contribution in [3.05, 3.63) is 29.5 Å². The maximum absolute atomic E-state index is 5.70. The Hall–Kier alpha value is -2.01. The monoisotopic (exact) mass is 287 g/mol. The van der Waals surface area contributed by atoms with Crippen LogP contribution in [0.2, 0.25) is 0 Å². The van der Waals surface area contributed by atoms with Crippen LogP contribution < -0.4 is 14.8 Å². The number of nitrogens with one attached hydrogen (secondary N) is 2. The number of hydrogen-bond donors (Lipinski definition) is 2. The predicted octanol–water partition coefficient (Wildman–Crippen LogP) is 2.52. The molecule has 1 aliphatic rings. The van der Waals surface area contributed by atoms with Crippen molar-refractivity contribution >= 4 is 0 Å². The van der Waals surface area contributed by atoms with Crippen LogP contribution in [0.4, 0.5) is 0 Å². The summed E-state index contributed by atoms with van der Waals surface area (Å²) in [6, 6.07) is 6.00. The molecule has 1 aliphatic heterocycles. The third kappa shape index (κ3) is 2.74. The third-order valence-electron chi connectivity index (χ3n) is 3.71. The molecule has 0 bridgehead atoms. The standard InChI is InChI=1S/C16H21N3O2/c1-3-8-21-14-5-4-11(9-15(14)20-2)16-12-10-17-7-6-13(12)18-19-16/h4-5,9,17H,3,6-8,10H2,1-2H3,(H,18,19). The van der Waals surface area contributed by atoms with Gasteiger partial charge < -0.3 is 14.8 Å². The van der Waals surface area contributed by atoms with Gasteiger partial charge in [-0.1, -0.05) is 6.92 Å². The van der Waals surface area contributed by atoms with E-state index >= 15 is 0 Å². The van der Waals surface area contributed by atoms with Crippen LogP contribution in [0.3, 0.4) is 0 Å². The maximum atomic E-state index is 5.70. The molecule has 1 aromatic carbocycles. The largest absolute Gasteiger partial charge is 0.493 e. The normalized spacial score (nSPS) is 13.8. The van der Waals surface area contributed by atoms with E-state index < -0.39 is 0 Å². The molecular formula is C16H21N3O2. The summed E-state index contributed by atoms with van der Waals surface area (Å²) in [7, 11) is 1.67. The Morgan fingerprint density at radius 1 is 1.29 bits per heavy atom. The summed E-state index contributed by atoms with van der Waals surface area (Å²) >= 11 is 0. The molecule has 2 N–H and O–H groups in total. The molecule has 0 saturated heterocycles. The fourth-order valence-electron chi connectivity index (χ4n) is 2.61. The molecule has 0 fully saturated rings. The van der Waals surface area contributed by atoms with E-state index in [1.54, 1.807) is 7.11 Å². The minimum absolute atomic E-state index is 0.692. The first-order valence-electron chi connectivity index (χ1n) is 7.41. The van der Waals surface area contributed by atoms with Gasteiger partial charge in [-0.25, -0.2) is 0 Å². The zero-order chi connectivity index (χ0) is 14.7. The fourth-order valence-corrected chi connectivity index (χ4v) is 2.61. The number of nitrogens with zero attached hydrogens (tertiary/aromatic N) is 1. The number of fused-ring (bicyclic) bond motifs is 1. The summed E-state index contributed by atoms with van der Waals surface area (Å²) in [6.07, 6.45) is 1.97. The highest BCUT2D eigenvalue weighted by atomic mass is 16.5. The van der Waals surface area contributed by atoms with E-state index in [4.69, 9.17) is 9.47 Å². The Bertz CT molecular complexity index is 622. The van der Waals surface area contributed by atoms with Gasteiger partial charge in [0.25, 0.3) is 0 Å². The van der Waals surface area contributed by atoms with Gasteiger partial charge in [0.2, 0.25) is 0 Å². The Kier molecular flexibility index (Phi) is 4.10. The number of hydrogen-bond acceptors (Lipinski definition) is 4. The second-order valence-corrected chi connectivity index (χ2v) is 5.17. The Morgan fingerprint density at radius 3 is 3.00 bits per heavy atom. The van der Waals surface area contributed by atoms with E-state index in [0.717, 1.165) is 48.7 Å². The quantitative estimate of drug-likeness (QED) is 0.887. The molecule has 1 aromatic heterocycles. The Morgan fingerprint density at radius 2 is 2.19 bits per heavy atom. The number of methoxy groups -OCH3 is 1. The molecule has 2 heterocycles. The number of H-pyrrole nitrogens is 1. The van der Waals surface area contributed by atoms with Crippen molar-refractivity contribution in [3.63, 3.8) is 0 Å². The molecule has 5 heteroatoms. The van der Waals surface area contributed by atoms with E-state index in [9.17, 15) is 0 Å². The van der Waals surface area contributed by atoms with Crippen molar-refractivity contribution in [3.8, 4) is 22.8 Å². The molecule has 5 nitrogen and oxygen atoms in total. The first-order valence-corrected chi connectivity index (χ1v) is 7.41. The van der Waals surface area contributed by atoms with Crippen molar-refractivity contribution in [1.82, 2.24) is 15.5 Å². The van der Waals surface area contributed by atoms with Gasteiger partial charge in [-0.2, -0.15) is 5.10 Å². The van der Waals surface area contributed by atoms with Crippen LogP contribution in [0.1, 0.15) is 24.6 Å². The zero-order valence-electron chi connectivity index (χ0n) is 12.5. The Labute approximate surface area is 124 Å². The van der Waals surface area contributed by atoms with Crippen LogP contribution in [0, 0.1) is 0 Å². The fraction of sp³-hybridized carbons (Fsp3) is 0.438. The third-order valence-corrected chi connectivity index (χ3v) is 3.71. The predicted molar refractivity (Wildman–Crippen MR) is 81.8 cm³/mol. The lowest BCUT2D eigenvalue weighted by Gasteiger charge is -2.14. The van der Waals surface area contributed by atoms with Crippen molar-refractivity contribution in [2.75, 3.05) is 20.3 Å². The van der Waals surface area contributed by atoms with Gasteiger partial charge in [-0.05, 0) is 24.6 Å². The van der Waals surface area contributed by atoms with Crippen LogP contribution in [-0.4, -0.2) is 30.5 Å². The highest BCUT2D eigenvalue weighted by molar-refractivity contribution is 5.67. The highest BCUT2D eigenvalue weighted by Gasteiger charge is 2.18. The molecule has 0 atom stereocenters. The number of aromatic nitrogens is 2. The maximum Gasteiger partial charge on any atom is 0.161 e. The topological polar surface area (TPSA) is 59.2 Å². The van der Waals surface area contributed by atoms with Gasteiger partial charge in [0.1, 0.15) is 0 Å². The van der Waals surface area contributed by atoms with Gasteiger partial charge in [0.15, 0.2) is 11.5 Å². The highest BCUT2D eigenvalue weighted by Crippen LogP contribution is 2.34. The summed E-state index contributed by atoms with van der Waals surface area (Å²) in [5.41, 5.74) is 4.54. The summed E-state index contributed by atoms with van der Waals surface area (Å²) < 4.78 is 11.1. The minimum Gasteiger partial charge on any atom is -0.493 e. The average Bonchev–Trinajstić information content (AvgIpc) is 2.97. The van der Waals surface area contributed by atoms with Crippen LogP contribution >= 0.6 is 0 Å². The first kappa shape index (κ1) is 13.9. The molecule has 0 spiro atoms. The van der Waals surface area contributed by atoms with E-state index in [1.807, 2.05) is 18.2 Å². The minimum atomic E-state index is 0.692. The molecule has 0 unspecified atom stereocenters. The number of aromatic amines is 1. The second kappa shape index (κ2) is 6.18. The molecule has 2 aromatic rings. The van der Waals surface area contributed by atoms with Crippen LogP contribution in [0.15, 0.2) is 18.2 Å². The Balaban J connectivity index is 1.94. The van der Waals surface area contributed by atoms with Gasteiger partial charge in [0, 0.05) is 36.3 Å². The van der Waals surface area contributed by atoms with Crippen molar-refractivity contribution < 1.29 is 9.47 Å². The van der Waals surface area contributed by atoms with Crippen molar-refractivity contribution in [1.29, 1.82) is 0 Å². The van der Waals surface area contributed by atoms with E-state index in [1.165, 1.54) is 11.3 Å². The van der Waals surface area contributed by atoms with Crippen LogP contribution in [-0.2, 0) is 13.0 Å². The van der Waals surface area contributed by atoms with E-state index in [-0.39, 0.29) is 0 Å². The smallest absolute Gasteiger partial charge is 0.161 e. The molecular weight excluding hydrogens is 266 g/mol. The lowest BCUT2D eigenvalue weighted by atomic mass is 10.0. The summed E-state index contributed by atoms with van der Waals surface area (Å²) in [4.78, 5) is 0. The van der Waals surface area contributed by atoms with E-state index in [2.05, 4.69) is 22.4 Å². The van der Waals surface area contributed by atoms with Gasteiger partial charge in [-0.15, -0.1) is 0 Å². The summed E-state index contributed by atoms with van der Waals surface area (Å²) in [6.45, 7) is 4.64. The molecule has 0 amide bonds. The van der Waals surface area contributed by atoms with Crippen LogP contribution in [0.25, 0.3) is 11.3 Å². The molecule has 112 valence electrons.